The molecule has 1 aromatic heterocycles. The number of nitrogens with zero attached hydrogens (tertiary/aromatic N) is 1. The molecule has 21 heavy (non-hydrogen) atoms. The molecular formula is C19H23NSi. The summed E-state index contributed by atoms with van der Waals surface area (Å²) in [5.41, 5.74) is 6.39. The summed E-state index contributed by atoms with van der Waals surface area (Å²) in [4.78, 5) is 4.44. The molecule has 1 atom stereocenters. The molecule has 108 valence electrons. The van der Waals surface area contributed by atoms with Gasteiger partial charge in [-0.1, -0.05) is 56.0 Å². The van der Waals surface area contributed by atoms with Gasteiger partial charge in [0.1, 0.15) is 0 Å². The molecule has 0 aliphatic heterocycles. The van der Waals surface area contributed by atoms with Crippen molar-refractivity contribution in [2.24, 2.45) is 0 Å². The second-order valence-corrected chi connectivity index (χ2v) is 12.3. The third-order valence-corrected chi connectivity index (χ3v) is 6.66. The Morgan fingerprint density at radius 1 is 0.952 bits per heavy atom. The van der Waals surface area contributed by atoms with E-state index in [1.54, 1.807) is 5.56 Å². The molecule has 0 radical (unpaired) electrons. The van der Waals surface area contributed by atoms with Crippen molar-refractivity contribution in [1.29, 1.82) is 0 Å². The first-order valence-electron chi connectivity index (χ1n) is 7.75. The maximum absolute atomic E-state index is 4.44. The molecule has 1 unspecified atom stereocenters. The van der Waals surface area contributed by atoms with Crippen LogP contribution >= 0.6 is 0 Å². The van der Waals surface area contributed by atoms with Crippen LogP contribution < -0.4 is 0 Å². The van der Waals surface area contributed by atoms with Gasteiger partial charge in [-0.05, 0) is 47.2 Å². The standard InChI is InChI=1S/C19H23NSi/c1-21(2,3)19-14-15(17-9-4-5-10-18(17)19)11-12-16-8-6-7-13-20-16/h4-10,13-14,19H,11-12H2,1-3H3. The minimum atomic E-state index is -1.22. The maximum Gasteiger partial charge on any atom is 0.0566 e. The van der Waals surface area contributed by atoms with Gasteiger partial charge in [-0.2, -0.15) is 0 Å². The number of allylic oxidation sites excluding steroid dienone is 2. The number of rotatable bonds is 4. The van der Waals surface area contributed by atoms with Gasteiger partial charge < -0.3 is 0 Å². The molecule has 1 heterocycles. The van der Waals surface area contributed by atoms with Gasteiger partial charge in [0.05, 0.1) is 8.07 Å². The lowest BCUT2D eigenvalue weighted by atomic mass is 10.0. The highest BCUT2D eigenvalue weighted by molar-refractivity contribution is 6.78. The zero-order chi connectivity index (χ0) is 14.9. The van der Waals surface area contributed by atoms with Crippen molar-refractivity contribution in [2.75, 3.05) is 0 Å². The van der Waals surface area contributed by atoms with Crippen LogP contribution in [0.2, 0.25) is 19.6 Å². The van der Waals surface area contributed by atoms with Gasteiger partial charge in [0.15, 0.2) is 0 Å². The van der Waals surface area contributed by atoms with E-state index < -0.39 is 8.07 Å². The van der Waals surface area contributed by atoms with Crippen LogP contribution in [0.15, 0.2) is 54.7 Å². The molecule has 1 nitrogen and oxygen atoms in total. The quantitative estimate of drug-likeness (QED) is 0.717. The molecule has 0 saturated heterocycles. The van der Waals surface area contributed by atoms with E-state index in [0.717, 1.165) is 12.8 Å². The average molecular weight is 293 g/mol. The first-order valence-corrected chi connectivity index (χ1v) is 11.3. The molecule has 1 aromatic carbocycles. The number of hydrogen-bond donors (Lipinski definition) is 0. The highest BCUT2D eigenvalue weighted by Crippen LogP contribution is 2.42. The van der Waals surface area contributed by atoms with Crippen molar-refractivity contribution in [1.82, 2.24) is 4.98 Å². The Morgan fingerprint density at radius 2 is 1.71 bits per heavy atom. The van der Waals surface area contributed by atoms with Gasteiger partial charge in [0.25, 0.3) is 0 Å². The average Bonchev–Trinajstić information content (AvgIpc) is 2.85. The minimum absolute atomic E-state index is 0.660. The van der Waals surface area contributed by atoms with Crippen LogP contribution in [0.5, 0.6) is 0 Å². The van der Waals surface area contributed by atoms with Crippen LogP contribution in [-0.2, 0) is 6.42 Å². The Hall–Kier alpha value is -1.67. The normalized spacial score (nSPS) is 17.5. The van der Waals surface area contributed by atoms with Crippen LogP contribution in [0.4, 0.5) is 0 Å². The van der Waals surface area contributed by atoms with Crippen molar-refractivity contribution in [3.63, 3.8) is 0 Å². The molecule has 0 N–H and O–H groups in total. The zero-order valence-electron chi connectivity index (χ0n) is 13.1. The Bertz CT molecular complexity index is 653. The van der Waals surface area contributed by atoms with Crippen LogP contribution in [0, 0.1) is 0 Å². The molecule has 0 amide bonds. The second kappa shape index (κ2) is 5.61. The van der Waals surface area contributed by atoms with E-state index in [4.69, 9.17) is 0 Å². The molecule has 0 fully saturated rings. The predicted octanol–water partition coefficient (Wildman–Crippen LogP) is 5.07. The van der Waals surface area contributed by atoms with E-state index in [-0.39, 0.29) is 0 Å². The Balaban J connectivity index is 1.85. The zero-order valence-corrected chi connectivity index (χ0v) is 14.1. The Morgan fingerprint density at radius 3 is 2.43 bits per heavy atom. The monoisotopic (exact) mass is 293 g/mol. The van der Waals surface area contributed by atoms with Crippen molar-refractivity contribution < 1.29 is 0 Å². The van der Waals surface area contributed by atoms with E-state index in [9.17, 15) is 0 Å². The van der Waals surface area contributed by atoms with Crippen LogP contribution in [-0.4, -0.2) is 13.1 Å². The first-order chi connectivity index (χ1) is 10.1. The van der Waals surface area contributed by atoms with E-state index in [1.165, 1.54) is 16.8 Å². The van der Waals surface area contributed by atoms with E-state index in [2.05, 4.69) is 67.1 Å². The van der Waals surface area contributed by atoms with Gasteiger partial charge in [-0.15, -0.1) is 0 Å². The summed E-state index contributed by atoms with van der Waals surface area (Å²) in [5.74, 6) is 0. The molecule has 1 aliphatic carbocycles. The van der Waals surface area contributed by atoms with Crippen LogP contribution in [0.25, 0.3) is 5.57 Å². The van der Waals surface area contributed by atoms with Gasteiger partial charge in [0.2, 0.25) is 0 Å². The molecular weight excluding hydrogens is 270 g/mol. The highest BCUT2D eigenvalue weighted by Gasteiger charge is 2.32. The molecule has 2 heteroatoms. The van der Waals surface area contributed by atoms with Crippen molar-refractivity contribution >= 4 is 13.6 Å². The fourth-order valence-corrected chi connectivity index (χ4v) is 5.07. The number of aromatic nitrogens is 1. The SMILES string of the molecule is C[Si](C)(C)C1C=C(CCc2ccccn2)c2ccccc21. The van der Waals surface area contributed by atoms with E-state index >= 15 is 0 Å². The van der Waals surface area contributed by atoms with Crippen molar-refractivity contribution in [3.8, 4) is 0 Å². The number of aryl methyl sites for hydroxylation is 1. The van der Waals surface area contributed by atoms with E-state index in [0.29, 0.717) is 5.54 Å². The molecule has 2 aromatic rings. The van der Waals surface area contributed by atoms with E-state index in [1.807, 2.05) is 12.3 Å². The van der Waals surface area contributed by atoms with Gasteiger partial charge >= 0.3 is 0 Å². The number of benzene rings is 1. The summed E-state index contributed by atoms with van der Waals surface area (Å²) in [6.45, 7) is 7.39. The fraction of sp³-hybridized carbons (Fsp3) is 0.316. The molecule has 0 saturated carbocycles. The fourth-order valence-electron chi connectivity index (χ4n) is 3.18. The number of pyridine rings is 1. The van der Waals surface area contributed by atoms with Crippen molar-refractivity contribution in [2.45, 2.75) is 38.0 Å². The summed E-state index contributed by atoms with van der Waals surface area (Å²) in [6, 6.07) is 15.1. The van der Waals surface area contributed by atoms with Gasteiger partial charge in [0, 0.05) is 11.9 Å². The minimum Gasteiger partial charge on any atom is -0.261 e. The molecule has 0 spiro atoms. The van der Waals surface area contributed by atoms with Crippen LogP contribution in [0.1, 0.15) is 28.8 Å². The number of hydrogen-bond acceptors (Lipinski definition) is 1. The molecule has 1 aliphatic rings. The molecule has 0 bridgehead atoms. The highest BCUT2D eigenvalue weighted by atomic mass is 28.3. The lowest BCUT2D eigenvalue weighted by Gasteiger charge is -2.24. The smallest absolute Gasteiger partial charge is 0.0566 e. The summed E-state index contributed by atoms with van der Waals surface area (Å²) in [6.07, 6.45) is 6.55. The van der Waals surface area contributed by atoms with Gasteiger partial charge in [-0.25, -0.2) is 0 Å². The van der Waals surface area contributed by atoms with Crippen molar-refractivity contribution in [3.05, 3.63) is 71.6 Å². The van der Waals surface area contributed by atoms with Crippen LogP contribution in [0.3, 0.4) is 0 Å². The second-order valence-electron chi connectivity index (χ2n) is 6.94. The first kappa shape index (κ1) is 14.3. The van der Waals surface area contributed by atoms with Gasteiger partial charge in [-0.3, -0.25) is 4.98 Å². The topological polar surface area (TPSA) is 12.9 Å². The summed E-state index contributed by atoms with van der Waals surface area (Å²) in [7, 11) is -1.22. The maximum atomic E-state index is 4.44. The third kappa shape index (κ3) is 3.00. The largest absolute Gasteiger partial charge is 0.261 e. The summed E-state index contributed by atoms with van der Waals surface area (Å²) >= 11 is 0. The lowest BCUT2D eigenvalue weighted by Crippen LogP contribution is -2.28. The predicted molar refractivity (Wildman–Crippen MR) is 93.1 cm³/mol. The molecule has 3 rings (SSSR count). The summed E-state index contributed by atoms with van der Waals surface area (Å²) < 4.78 is 0. The Kier molecular flexibility index (Phi) is 3.81. The lowest BCUT2D eigenvalue weighted by molar-refractivity contribution is 0.956. The summed E-state index contributed by atoms with van der Waals surface area (Å²) in [5, 5.41) is 0. The Labute approximate surface area is 128 Å². The third-order valence-electron chi connectivity index (χ3n) is 4.32. The number of fused-ring (bicyclic) bond motifs is 1.